The Morgan fingerprint density at radius 3 is 2.88 bits per heavy atom. The van der Waals surface area contributed by atoms with Gasteiger partial charge in [0.1, 0.15) is 16.9 Å². The molecular weight excluding hydrogens is 310 g/mol. The van der Waals surface area contributed by atoms with Crippen LogP contribution in [0.1, 0.15) is 15.9 Å². The maximum atomic E-state index is 12.4. The highest BCUT2D eigenvalue weighted by molar-refractivity contribution is 6.05. The van der Waals surface area contributed by atoms with Gasteiger partial charge in [-0.2, -0.15) is 0 Å². The molecule has 1 amide bonds. The van der Waals surface area contributed by atoms with Gasteiger partial charge in [-0.3, -0.25) is 4.79 Å². The van der Waals surface area contributed by atoms with Gasteiger partial charge >= 0.3 is 5.63 Å². The Balaban J connectivity index is 1.64. The molecule has 4 rings (SSSR count). The summed E-state index contributed by atoms with van der Waals surface area (Å²) in [6.45, 7) is 0.633. The van der Waals surface area contributed by atoms with Crippen LogP contribution in [-0.2, 0) is 11.3 Å². The summed E-state index contributed by atoms with van der Waals surface area (Å²) >= 11 is 0. The van der Waals surface area contributed by atoms with Crippen LogP contribution in [0.5, 0.6) is 5.75 Å². The molecule has 0 unspecified atom stereocenters. The Morgan fingerprint density at radius 2 is 1.96 bits per heavy atom. The molecule has 0 aliphatic carbocycles. The number of ether oxygens (including phenoxy) is 2. The van der Waals surface area contributed by atoms with Crippen molar-refractivity contribution in [1.82, 2.24) is 0 Å². The molecule has 0 spiro atoms. The van der Waals surface area contributed by atoms with E-state index in [1.807, 2.05) is 6.07 Å². The van der Waals surface area contributed by atoms with E-state index in [4.69, 9.17) is 13.9 Å². The lowest BCUT2D eigenvalue weighted by molar-refractivity contribution is -0.0163. The standard InChI is InChI=1S/C18H13NO5/c20-17(14-8-11-3-1-2-4-16(11)24-18(14)21)19-13-5-6-15-12(7-13)9-22-10-23-15/h1-8H,9-10H2,(H,19,20). The van der Waals surface area contributed by atoms with Crippen LogP contribution in [0.25, 0.3) is 11.0 Å². The van der Waals surface area contributed by atoms with Crippen LogP contribution in [0.3, 0.4) is 0 Å². The Labute approximate surface area is 136 Å². The quantitative estimate of drug-likeness (QED) is 0.734. The normalized spacial score (nSPS) is 13.2. The molecule has 1 aliphatic rings. The van der Waals surface area contributed by atoms with Crippen LogP contribution < -0.4 is 15.7 Å². The van der Waals surface area contributed by atoms with Crippen molar-refractivity contribution >= 4 is 22.6 Å². The summed E-state index contributed by atoms with van der Waals surface area (Å²) in [4.78, 5) is 24.4. The number of benzene rings is 2. The molecule has 1 aliphatic heterocycles. The van der Waals surface area contributed by atoms with Gasteiger partial charge in [0.2, 0.25) is 0 Å². The summed E-state index contributed by atoms with van der Waals surface area (Å²) < 4.78 is 15.7. The zero-order valence-electron chi connectivity index (χ0n) is 12.6. The van der Waals surface area contributed by atoms with E-state index in [1.54, 1.807) is 36.4 Å². The van der Waals surface area contributed by atoms with E-state index in [1.165, 1.54) is 6.07 Å². The van der Waals surface area contributed by atoms with Gasteiger partial charge in [0, 0.05) is 16.6 Å². The van der Waals surface area contributed by atoms with Crippen molar-refractivity contribution in [3.63, 3.8) is 0 Å². The van der Waals surface area contributed by atoms with E-state index in [2.05, 4.69) is 5.32 Å². The first-order valence-corrected chi connectivity index (χ1v) is 7.38. The molecule has 0 radical (unpaired) electrons. The van der Waals surface area contributed by atoms with Crippen molar-refractivity contribution in [2.75, 3.05) is 12.1 Å². The Morgan fingerprint density at radius 1 is 1.08 bits per heavy atom. The monoisotopic (exact) mass is 323 g/mol. The van der Waals surface area contributed by atoms with Crippen LogP contribution >= 0.6 is 0 Å². The Bertz CT molecular complexity index is 992. The van der Waals surface area contributed by atoms with Crippen LogP contribution in [0, 0.1) is 0 Å². The second-order valence-corrected chi connectivity index (χ2v) is 5.37. The Hall–Kier alpha value is -3.12. The molecular formula is C18H13NO5. The average molecular weight is 323 g/mol. The second-order valence-electron chi connectivity index (χ2n) is 5.37. The third kappa shape index (κ3) is 2.63. The number of hydrogen-bond acceptors (Lipinski definition) is 5. The number of hydrogen-bond donors (Lipinski definition) is 1. The van der Waals surface area contributed by atoms with Gasteiger partial charge in [0.15, 0.2) is 6.79 Å². The van der Waals surface area contributed by atoms with Crippen molar-refractivity contribution in [2.45, 2.75) is 6.61 Å². The van der Waals surface area contributed by atoms with Crippen LogP contribution in [0.4, 0.5) is 5.69 Å². The van der Waals surface area contributed by atoms with Gasteiger partial charge in [-0.15, -0.1) is 0 Å². The van der Waals surface area contributed by atoms with E-state index < -0.39 is 11.5 Å². The fourth-order valence-corrected chi connectivity index (χ4v) is 2.59. The maximum absolute atomic E-state index is 12.4. The van der Waals surface area contributed by atoms with Crippen LogP contribution in [0.15, 0.2) is 57.7 Å². The predicted octanol–water partition coefficient (Wildman–Crippen LogP) is 2.91. The van der Waals surface area contributed by atoms with Crippen molar-refractivity contribution in [3.8, 4) is 5.75 Å². The van der Waals surface area contributed by atoms with Crippen molar-refractivity contribution in [2.24, 2.45) is 0 Å². The molecule has 2 aromatic carbocycles. The first kappa shape index (κ1) is 14.5. The first-order valence-electron chi connectivity index (χ1n) is 7.38. The van der Waals surface area contributed by atoms with E-state index in [-0.39, 0.29) is 12.4 Å². The molecule has 1 aromatic heterocycles. The number of nitrogens with one attached hydrogen (secondary N) is 1. The van der Waals surface area contributed by atoms with Gasteiger partial charge in [-0.05, 0) is 30.3 Å². The molecule has 6 heteroatoms. The zero-order chi connectivity index (χ0) is 16.5. The molecule has 120 valence electrons. The number of carbonyl (C=O) groups is 1. The van der Waals surface area contributed by atoms with E-state index in [0.29, 0.717) is 23.3 Å². The van der Waals surface area contributed by atoms with Crippen LogP contribution in [0.2, 0.25) is 0 Å². The summed E-state index contributed by atoms with van der Waals surface area (Å²) in [7, 11) is 0. The van der Waals surface area contributed by atoms with Crippen molar-refractivity contribution < 1.29 is 18.7 Å². The van der Waals surface area contributed by atoms with Gasteiger partial charge in [0.25, 0.3) is 5.91 Å². The highest BCUT2D eigenvalue weighted by Crippen LogP contribution is 2.26. The van der Waals surface area contributed by atoms with E-state index in [9.17, 15) is 9.59 Å². The zero-order valence-corrected chi connectivity index (χ0v) is 12.6. The first-order chi connectivity index (χ1) is 11.7. The predicted molar refractivity (Wildman–Crippen MR) is 87.2 cm³/mol. The minimum Gasteiger partial charge on any atom is -0.467 e. The third-order valence-corrected chi connectivity index (χ3v) is 3.76. The molecule has 2 heterocycles. The number of anilines is 1. The second kappa shape index (κ2) is 5.82. The van der Waals surface area contributed by atoms with Gasteiger partial charge in [0.05, 0.1) is 6.61 Å². The van der Waals surface area contributed by atoms with E-state index in [0.717, 1.165) is 11.3 Å². The summed E-state index contributed by atoms with van der Waals surface area (Å²) in [6.07, 6.45) is 0. The topological polar surface area (TPSA) is 77.8 Å². The van der Waals surface area contributed by atoms with Gasteiger partial charge < -0.3 is 19.2 Å². The lowest BCUT2D eigenvalue weighted by atomic mass is 10.1. The SMILES string of the molecule is O=C(Nc1ccc2c(c1)COCO2)c1cc2ccccc2oc1=O. The number of amides is 1. The molecule has 0 saturated carbocycles. The molecule has 0 bridgehead atoms. The molecule has 0 fully saturated rings. The minimum absolute atomic E-state index is 0.0427. The Kier molecular flexibility index (Phi) is 3.51. The molecule has 3 aromatic rings. The largest absolute Gasteiger partial charge is 0.467 e. The average Bonchev–Trinajstić information content (AvgIpc) is 2.61. The molecule has 24 heavy (non-hydrogen) atoms. The highest BCUT2D eigenvalue weighted by Gasteiger charge is 2.16. The van der Waals surface area contributed by atoms with Gasteiger partial charge in [-0.1, -0.05) is 18.2 Å². The van der Waals surface area contributed by atoms with Crippen molar-refractivity contribution in [3.05, 3.63) is 70.1 Å². The number of fused-ring (bicyclic) bond motifs is 2. The molecule has 1 N–H and O–H groups in total. The molecule has 0 atom stereocenters. The number of rotatable bonds is 2. The van der Waals surface area contributed by atoms with Gasteiger partial charge in [-0.25, -0.2) is 4.79 Å². The summed E-state index contributed by atoms with van der Waals surface area (Å²) in [5.41, 5.74) is 1.13. The lowest BCUT2D eigenvalue weighted by Crippen LogP contribution is -2.21. The van der Waals surface area contributed by atoms with E-state index >= 15 is 0 Å². The third-order valence-electron chi connectivity index (χ3n) is 3.76. The molecule has 6 nitrogen and oxygen atoms in total. The number of para-hydroxylation sites is 1. The fraction of sp³-hybridized carbons (Fsp3) is 0.111. The smallest absolute Gasteiger partial charge is 0.349 e. The summed E-state index contributed by atoms with van der Waals surface area (Å²) in [5, 5.41) is 3.39. The fourth-order valence-electron chi connectivity index (χ4n) is 2.59. The summed E-state index contributed by atoms with van der Waals surface area (Å²) in [6, 6.07) is 13.8. The highest BCUT2D eigenvalue weighted by atomic mass is 16.7. The molecule has 0 saturated heterocycles. The number of carbonyl (C=O) groups excluding carboxylic acids is 1. The maximum Gasteiger partial charge on any atom is 0.349 e. The minimum atomic E-state index is -0.671. The summed E-state index contributed by atoms with van der Waals surface area (Å²) in [5.74, 6) is 0.205. The lowest BCUT2D eigenvalue weighted by Gasteiger charge is -2.18. The van der Waals surface area contributed by atoms with Crippen molar-refractivity contribution in [1.29, 1.82) is 0 Å². The van der Waals surface area contributed by atoms with Crippen LogP contribution in [-0.4, -0.2) is 12.7 Å².